The fourth-order valence-corrected chi connectivity index (χ4v) is 4.30. The fourth-order valence-electron chi connectivity index (χ4n) is 4.30. The van der Waals surface area contributed by atoms with Crippen LogP contribution in [0.5, 0.6) is 0 Å². The maximum absolute atomic E-state index is 12.3. The average molecular weight is 374 g/mol. The van der Waals surface area contributed by atoms with Crippen LogP contribution >= 0.6 is 0 Å². The van der Waals surface area contributed by atoms with E-state index in [0.717, 1.165) is 12.8 Å². The van der Waals surface area contributed by atoms with E-state index in [2.05, 4.69) is 0 Å². The third-order valence-electron chi connectivity index (χ3n) is 5.46. The zero-order valence-corrected chi connectivity index (χ0v) is 17.6. The molecule has 2 fully saturated rings. The van der Waals surface area contributed by atoms with E-state index in [1.807, 2.05) is 0 Å². The molecule has 0 aromatic heterocycles. The van der Waals surface area contributed by atoms with E-state index >= 15 is 0 Å². The zero-order valence-electron chi connectivity index (χ0n) is 15.6. The van der Waals surface area contributed by atoms with Crippen LogP contribution < -0.4 is 34.7 Å². The molecule has 2 aliphatic heterocycles. The van der Waals surface area contributed by atoms with Crippen LogP contribution in [0.15, 0.2) is 11.3 Å². The van der Waals surface area contributed by atoms with Gasteiger partial charge in [-0.1, -0.05) is 0 Å². The van der Waals surface area contributed by atoms with Crippen LogP contribution in [-0.2, 0) is 19.1 Å². The minimum absolute atomic E-state index is 0. The van der Waals surface area contributed by atoms with Gasteiger partial charge in [-0.3, -0.25) is 9.59 Å². The minimum atomic E-state index is -1.41. The van der Waals surface area contributed by atoms with Crippen molar-refractivity contribution < 1.29 is 58.9 Å². The molecule has 3 aliphatic rings. The first-order chi connectivity index (χ1) is 11.8. The SMILES string of the molecule is C[C@@H](O)[C@H]1C(=O)N2C(C(=O)[O-])=C3[C@@H](OCC(=O)N(C)C)CCC[C@@H]3[C@H]12.[Na+]. The molecule has 9 heteroatoms. The number of hydrogen-bond donors (Lipinski definition) is 1. The average Bonchev–Trinajstić information content (AvgIpc) is 2.83. The van der Waals surface area contributed by atoms with Gasteiger partial charge in [0.25, 0.3) is 0 Å². The largest absolute Gasteiger partial charge is 1.00 e. The summed E-state index contributed by atoms with van der Waals surface area (Å²) in [6.07, 6.45) is 0.764. The van der Waals surface area contributed by atoms with Crippen LogP contribution in [0, 0.1) is 11.8 Å². The molecule has 0 bridgehead atoms. The van der Waals surface area contributed by atoms with Crippen LogP contribution in [0.4, 0.5) is 0 Å². The summed E-state index contributed by atoms with van der Waals surface area (Å²) in [6, 6.07) is -0.355. The first kappa shape index (κ1) is 21.4. The standard InChI is InChI=1S/C17H24N2O6.Na/c1-8(20)12-14-9-5-4-6-10(25-7-11(21)18(2)3)13(9)15(17(23)24)19(14)16(12)22;/h8-10,12,14,20H,4-7H2,1-3H3,(H,23,24);/q;+1/p-1/t8-,9+,10+,12-,14-;/m1./s1. The summed E-state index contributed by atoms with van der Waals surface area (Å²) in [5.74, 6) is -2.77. The van der Waals surface area contributed by atoms with Gasteiger partial charge < -0.3 is 29.5 Å². The van der Waals surface area contributed by atoms with Gasteiger partial charge in [-0.2, -0.15) is 0 Å². The molecule has 0 aromatic rings. The smallest absolute Gasteiger partial charge is 0.543 e. The van der Waals surface area contributed by atoms with Crippen molar-refractivity contribution in [2.45, 2.75) is 44.4 Å². The molecule has 26 heavy (non-hydrogen) atoms. The van der Waals surface area contributed by atoms with Gasteiger partial charge in [0.2, 0.25) is 11.8 Å². The Morgan fingerprint density at radius 2 is 2.04 bits per heavy atom. The Bertz CT molecular complexity index is 647. The molecule has 1 N–H and O–H groups in total. The number of carboxylic acid groups (broad SMARTS) is 1. The van der Waals surface area contributed by atoms with Crippen LogP contribution in [0.2, 0.25) is 0 Å². The number of hydrogen-bond acceptors (Lipinski definition) is 6. The predicted molar refractivity (Wildman–Crippen MR) is 83.6 cm³/mol. The monoisotopic (exact) mass is 374 g/mol. The molecule has 138 valence electrons. The van der Waals surface area contributed by atoms with Crippen molar-refractivity contribution in [1.82, 2.24) is 9.80 Å². The van der Waals surface area contributed by atoms with Crippen molar-refractivity contribution in [1.29, 1.82) is 0 Å². The summed E-state index contributed by atoms with van der Waals surface area (Å²) in [7, 11) is 3.24. The number of amides is 2. The Hall–Kier alpha value is -0.930. The number of carboxylic acids is 1. The first-order valence-electron chi connectivity index (χ1n) is 8.54. The third kappa shape index (κ3) is 3.33. The maximum Gasteiger partial charge on any atom is 1.00 e. The van der Waals surface area contributed by atoms with E-state index in [0.29, 0.717) is 12.0 Å². The normalized spacial score (nSPS) is 30.8. The summed E-state index contributed by atoms with van der Waals surface area (Å²) in [6.45, 7) is 1.40. The van der Waals surface area contributed by atoms with Crippen molar-refractivity contribution in [3.05, 3.63) is 11.3 Å². The minimum Gasteiger partial charge on any atom is -0.543 e. The van der Waals surface area contributed by atoms with Crippen LogP contribution in [0.1, 0.15) is 26.2 Å². The van der Waals surface area contributed by atoms with E-state index in [-0.39, 0.29) is 65.6 Å². The number of fused-ring (bicyclic) bond motifs is 3. The summed E-state index contributed by atoms with van der Waals surface area (Å²) >= 11 is 0. The molecule has 5 atom stereocenters. The van der Waals surface area contributed by atoms with Gasteiger partial charge in [0.05, 0.1) is 35.8 Å². The quantitative estimate of drug-likeness (QED) is 0.384. The molecule has 8 nitrogen and oxygen atoms in total. The van der Waals surface area contributed by atoms with E-state index < -0.39 is 24.1 Å². The Morgan fingerprint density at radius 3 is 2.58 bits per heavy atom. The Morgan fingerprint density at radius 1 is 1.38 bits per heavy atom. The van der Waals surface area contributed by atoms with Crippen molar-refractivity contribution in [3.63, 3.8) is 0 Å². The van der Waals surface area contributed by atoms with Gasteiger partial charge >= 0.3 is 29.6 Å². The number of carbonyl (C=O) groups excluding carboxylic acids is 3. The number of rotatable bonds is 5. The summed E-state index contributed by atoms with van der Waals surface area (Å²) in [5, 5.41) is 21.6. The molecule has 2 amide bonds. The number of aliphatic carboxylic acids is 1. The van der Waals surface area contributed by atoms with E-state index in [1.54, 1.807) is 21.0 Å². The Labute approximate surface area is 174 Å². The number of nitrogens with zero attached hydrogens (tertiary/aromatic N) is 2. The van der Waals surface area contributed by atoms with Gasteiger partial charge in [0.1, 0.15) is 6.61 Å². The second kappa shape index (κ2) is 7.98. The molecular weight excluding hydrogens is 351 g/mol. The topological polar surface area (TPSA) is 110 Å². The molecule has 0 unspecified atom stereocenters. The van der Waals surface area contributed by atoms with Crippen LogP contribution in [0.3, 0.4) is 0 Å². The number of likely N-dealkylation sites (N-methyl/N-ethyl adjacent to an activating group) is 1. The van der Waals surface area contributed by atoms with Crippen LogP contribution in [-0.4, -0.2) is 71.6 Å². The van der Waals surface area contributed by atoms with E-state index in [9.17, 15) is 24.6 Å². The molecular formula is C17H23N2NaO6. The van der Waals surface area contributed by atoms with Crippen LogP contribution in [0.25, 0.3) is 0 Å². The molecule has 1 saturated carbocycles. The Balaban J connectivity index is 0.00000243. The van der Waals surface area contributed by atoms with Crippen molar-refractivity contribution in [2.24, 2.45) is 11.8 Å². The Kier molecular flexibility index (Phi) is 6.56. The van der Waals surface area contributed by atoms with E-state index in [4.69, 9.17) is 4.74 Å². The molecule has 2 heterocycles. The van der Waals surface area contributed by atoms with E-state index in [1.165, 1.54) is 9.80 Å². The summed E-state index contributed by atoms with van der Waals surface area (Å²) in [4.78, 5) is 38.5. The fraction of sp³-hybridized carbons (Fsp3) is 0.706. The summed E-state index contributed by atoms with van der Waals surface area (Å²) < 4.78 is 5.72. The molecule has 0 radical (unpaired) electrons. The number of ether oxygens (including phenoxy) is 1. The second-order valence-electron chi connectivity index (χ2n) is 7.18. The molecule has 0 aromatic carbocycles. The zero-order chi connectivity index (χ0) is 18.5. The maximum atomic E-state index is 12.3. The number of β-lactam (4-membered cyclic amide) rings is 1. The van der Waals surface area contributed by atoms with Gasteiger partial charge in [-0.15, -0.1) is 0 Å². The van der Waals surface area contributed by atoms with Gasteiger partial charge in [-0.25, -0.2) is 0 Å². The molecule has 1 aliphatic carbocycles. The number of aliphatic hydroxyl groups excluding tert-OH is 1. The molecule has 0 spiro atoms. The molecule has 1 saturated heterocycles. The van der Waals surface area contributed by atoms with Gasteiger partial charge in [0, 0.05) is 20.0 Å². The first-order valence-corrected chi connectivity index (χ1v) is 8.54. The third-order valence-corrected chi connectivity index (χ3v) is 5.46. The number of carbonyl (C=O) groups is 3. The van der Waals surface area contributed by atoms with Crippen molar-refractivity contribution in [3.8, 4) is 0 Å². The summed E-state index contributed by atoms with van der Waals surface area (Å²) in [5.41, 5.74) is 0.415. The number of aliphatic hydroxyl groups is 1. The van der Waals surface area contributed by atoms with Gasteiger partial charge in [-0.05, 0) is 31.8 Å². The molecule has 3 rings (SSSR count). The van der Waals surface area contributed by atoms with Crippen molar-refractivity contribution >= 4 is 17.8 Å². The van der Waals surface area contributed by atoms with Gasteiger partial charge in [0.15, 0.2) is 0 Å². The van der Waals surface area contributed by atoms with Crippen molar-refractivity contribution in [2.75, 3.05) is 20.7 Å². The predicted octanol–water partition coefficient (Wildman–Crippen LogP) is -4.51. The second-order valence-corrected chi connectivity index (χ2v) is 7.18.